The molecule has 0 saturated heterocycles. The van der Waals surface area contributed by atoms with Gasteiger partial charge in [0.25, 0.3) is 0 Å². The summed E-state index contributed by atoms with van der Waals surface area (Å²) in [7, 11) is 0. The molecule has 5 rings (SSSR count). The van der Waals surface area contributed by atoms with E-state index in [0.29, 0.717) is 29.9 Å². The summed E-state index contributed by atoms with van der Waals surface area (Å²) in [5.74, 6) is -1.52. The number of fused-ring (bicyclic) bond motifs is 6. The zero-order chi connectivity index (χ0) is 24.8. The molecule has 1 aliphatic heterocycles. The van der Waals surface area contributed by atoms with E-state index in [1.54, 1.807) is 6.92 Å². The number of esters is 4. The fourth-order valence-corrected chi connectivity index (χ4v) is 8.38. The molecule has 0 aromatic heterocycles. The predicted molar refractivity (Wildman–Crippen MR) is 118 cm³/mol. The van der Waals surface area contributed by atoms with Gasteiger partial charge in [-0.15, -0.1) is 0 Å². The van der Waals surface area contributed by atoms with Crippen molar-refractivity contribution in [1.29, 1.82) is 0 Å². The molecule has 4 saturated carbocycles. The van der Waals surface area contributed by atoms with Gasteiger partial charge in [-0.1, -0.05) is 13.8 Å². The lowest BCUT2D eigenvalue weighted by Crippen LogP contribution is -2.73. The first-order valence-electron chi connectivity index (χ1n) is 12.3. The number of carbonyl (C=O) groups excluding carboxylic acids is 4. The van der Waals surface area contributed by atoms with E-state index in [1.807, 2.05) is 0 Å². The maximum absolute atomic E-state index is 12.6. The van der Waals surface area contributed by atoms with Crippen LogP contribution >= 0.6 is 0 Å². The molecule has 4 fully saturated rings. The average Bonchev–Trinajstić information content (AvgIpc) is 3.32. The van der Waals surface area contributed by atoms with Crippen LogP contribution in [0.1, 0.15) is 73.6 Å². The highest BCUT2D eigenvalue weighted by atomic mass is 16.6. The minimum atomic E-state index is -1.44. The topological polar surface area (TPSA) is 105 Å². The van der Waals surface area contributed by atoms with Crippen molar-refractivity contribution < 1.29 is 38.1 Å². The van der Waals surface area contributed by atoms with E-state index in [-0.39, 0.29) is 22.7 Å². The molecule has 0 unspecified atom stereocenters. The number of hydrogen-bond acceptors (Lipinski definition) is 8. The molecule has 0 radical (unpaired) electrons. The molecule has 5 aliphatic rings. The van der Waals surface area contributed by atoms with Crippen molar-refractivity contribution in [3.63, 3.8) is 0 Å². The molecule has 0 spiro atoms. The Labute approximate surface area is 199 Å². The van der Waals surface area contributed by atoms with Crippen LogP contribution in [0, 0.1) is 28.6 Å². The van der Waals surface area contributed by atoms with Crippen molar-refractivity contribution in [2.45, 2.75) is 97.6 Å². The predicted octanol–water partition coefficient (Wildman–Crippen LogP) is 3.26. The molecule has 8 heteroatoms. The van der Waals surface area contributed by atoms with E-state index in [0.717, 1.165) is 19.3 Å². The monoisotopic (exact) mass is 474 g/mol. The summed E-state index contributed by atoms with van der Waals surface area (Å²) in [5, 5.41) is 0. The molecule has 0 bridgehead atoms. The van der Waals surface area contributed by atoms with Crippen LogP contribution in [0.25, 0.3) is 0 Å². The summed E-state index contributed by atoms with van der Waals surface area (Å²) < 4.78 is 23.8. The molecular weight excluding hydrogens is 440 g/mol. The number of carbonyl (C=O) groups is 4. The first-order chi connectivity index (χ1) is 15.8. The van der Waals surface area contributed by atoms with E-state index in [2.05, 4.69) is 13.8 Å². The van der Waals surface area contributed by atoms with E-state index >= 15 is 0 Å². The molecule has 4 aliphatic carbocycles. The fourth-order valence-electron chi connectivity index (χ4n) is 8.38. The quantitative estimate of drug-likeness (QED) is 0.453. The standard InChI is InChI=1S/C26H34O8/c1-12-21-17(33-23(12)30)9-19-24(5)8-7-16-11-25(16,6)18(24)10-20(31-13(2)27)26(19,34-15(4)29)22(21)32-14(3)28/h16-20,22H,7-11H2,1-6H3/t16-,17+,18+,19+,20-,22+,24-,25+,26+/m0/s1. The number of rotatable bonds is 3. The van der Waals surface area contributed by atoms with Crippen LogP contribution in [0.4, 0.5) is 0 Å². The molecule has 0 amide bonds. The van der Waals surface area contributed by atoms with Gasteiger partial charge in [0.1, 0.15) is 12.2 Å². The molecule has 9 atom stereocenters. The minimum absolute atomic E-state index is 0.128. The second kappa shape index (κ2) is 7.31. The second-order valence-electron chi connectivity index (χ2n) is 11.5. The largest absolute Gasteiger partial charge is 0.458 e. The number of hydrogen-bond donors (Lipinski definition) is 0. The molecule has 0 aromatic carbocycles. The van der Waals surface area contributed by atoms with Crippen molar-refractivity contribution in [1.82, 2.24) is 0 Å². The van der Waals surface area contributed by atoms with Gasteiger partial charge < -0.3 is 18.9 Å². The highest BCUT2D eigenvalue weighted by Gasteiger charge is 2.77. The van der Waals surface area contributed by atoms with Gasteiger partial charge in [-0.3, -0.25) is 14.4 Å². The third-order valence-electron chi connectivity index (χ3n) is 9.77. The van der Waals surface area contributed by atoms with Crippen molar-refractivity contribution in [2.24, 2.45) is 28.6 Å². The van der Waals surface area contributed by atoms with Crippen molar-refractivity contribution in [2.75, 3.05) is 0 Å². The van der Waals surface area contributed by atoms with Gasteiger partial charge in [0.15, 0.2) is 11.7 Å². The maximum Gasteiger partial charge on any atom is 0.334 e. The van der Waals surface area contributed by atoms with Crippen LogP contribution in [0.2, 0.25) is 0 Å². The molecule has 1 heterocycles. The van der Waals surface area contributed by atoms with Crippen LogP contribution in [0.3, 0.4) is 0 Å². The Hall–Kier alpha value is -2.38. The Morgan fingerprint density at radius 1 is 0.941 bits per heavy atom. The lowest BCUT2D eigenvalue weighted by Gasteiger charge is -2.65. The smallest absolute Gasteiger partial charge is 0.334 e. The van der Waals surface area contributed by atoms with Gasteiger partial charge in [0, 0.05) is 37.8 Å². The lowest BCUT2D eigenvalue weighted by atomic mass is 9.44. The van der Waals surface area contributed by atoms with Gasteiger partial charge in [0.05, 0.1) is 0 Å². The van der Waals surface area contributed by atoms with Gasteiger partial charge in [-0.05, 0) is 61.7 Å². The van der Waals surface area contributed by atoms with Crippen molar-refractivity contribution in [3.05, 3.63) is 11.1 Å². The fraction of sp³-hybridized carbons (Fsp3) is 0.769. The van der Waals surface area contributed by atoms with Crippen LogP contribution in [0.5, 0.6) is 0 Å². The Bertz CT molecular complexity index is 1010. The van der Waals surface area contributed by atoms with Gasteiger partial charge in [0.2, 0.25) is 0 Å². The molecule has 0 N–H and O–H groups in total. The third-order valence-corrected chi connectivity index (χ3v) is 9.77. The molecule has 8 nitrogen and oxygen atoms in total. The molecular formula is C26H34O8. The number of ether oxygens (including phenoxy) is 4. The highest BCUT2D eigenvalue weighted by molar-refractivity contribution is 5.92. The summed E-state index contributed by atoms with van der Waals surface area (Å²) >= 11 is 0. The van der Waals surface area contributed by atoms with Gasteiger partial charge in [-0.25, -0.2) is 4.79 Å². The second-order valence-corrected chi connectivity index (χ2v) is 11.5. The minimum Gasteiger partial charge on any atom is -0.458 e. The Balaban J connectivity index is 1.75. The van der Waals surface area contributed by atoms with E-state index in [9.17, 15) is 19.2 Å². The summed E-state index contributed by atoms with van der Waals surface area (Å²) in [6.45, 7) is 10.1. The Morgan fingerprint density at radius 3 is 2.24 bits per heavy atom. The SMILES string of the molecule is CC(=O)O[C@H]1C[C@@H]2[C@](C)(CC[C@H]3C[C@]32C)[C@H]2C[C@H]3OC(=O)C(C)=C3[C@@H](OC(C)=O)[C@]12OC(C)=O. The maximum atomic E-state index is 12.6. The first kappa shape index (κ1) is 23.4. The van der Waals surface area contributed by atoms with Gasteiger partial charge in [-0.2, -0.15) is 0 Å². The van der Waals surface area contributed by atoms with E-state index in [1.165, 1.54) is 20.8 Å². The zero-order valence-corrected chi connectivity index (χ0v) is 20.8. The average molecular weight is 475 g/mol. The Morgan fingerprint density at radius 2 is 1.62 bits per heavy atom. The third kappa shape index (κ3) is 3.02. The van der Waals surface area contributed by atoms with Crippen LogP contribution in [-0.4, -0.2) is 47.8 Å². The first-order valence-corrected chi connectivity index (χ1v) is 12.3. The summed E-state index contributed by atoms with van der Waals surface area (Å²) in [6.07, 6.45) is 1.60. The Kier molecular flexibility index (Phi) is 5.02. The summed E-state index contributed by atoms with van der Waals surface area (Å²) in [4.78, 5) is 50.0. The van der Waals surface area contributed by atoms with Crippen LogP contribution < -0.4 is 0 Å². The van der Waals surface area contributed by atoms with E-state index in [4.69, 9.17) is 18.9 Å². The van der Waals surface area contributed by atoms with Crippen LogP contribution in [-0.2, 0) is 38.1 Å². The normalized spacial score (nSPS) is 46.2. The van der Waals surface area contributed by atoms with Crippen LogP contribution in [0.15, 0.2) is 11.1 Å². The summed E-state index contributed by atoms with van der Waals surface area (Å²) in [5.41, 5.74) is -0.715. The highest BCUT2D eigenvalue weighted by Crippen LogP contribution is 2.75. The zero-order valence-electron chi connectivity index (χ0n) is 20.8. The van der Waals surface area contributed by atoms with Crippen molar-refractivity contribution in [3.8, 4) is 0 Å². The molecule has 34 heavy (non-hydrogen) atoms. The molecule has 186 valence electrons. The molecule has 0 aromatic rings. The van der Waals surface area contributed by atoms with Gasteiger partial charge >= 0.3 is 23.9 Å². The lowest BCUT2D eigenvalue weighted by molar-refractivity contribution is -0.279. The summed E-state index contributed by atoms with van der Waals surface area (Å²) in [6, 6.07) is 0. The van der Waals surface area contributed by atoms with Crippen molar-refractivity contribution >= 4 is 23.9 Å². The van der Waals surface area contributed by atoms with E-state index < -0.39 is 47.8 Å².